The van der Waals surface area contributed by atoms with Gasteiger partial charge in [-0.1, -0.05) is 0 Å². The molecule has 6 heteroatoms. The minimum atomic E-state index is 0.103. The number of benzene rings is 1. The van der Waals surface area contributed by atoms with E-state index in [-0.39, 0.29) is 6.04 Å². The van der Waals surface area contributed by atoms with Gasteiger partial charge >= 0.3 is 0 Å². The lowest BCUT2D eigenvalue weighted by Gasteiger charge is -2.27. The fraction of sp³-hybridized carbons (Fsp3) is 0.333. The van der Waals surface area contributed by atoms with Crippen LogP contribution in [0.4, 0.5) is 5.95 Å². The van der Waals surface area contributed by atoms with Gasteiger partial charge in [0.25, 0.3) is 0 Å². The minimum absolute atomic E-state index is 0.103. The number of nitrogens with zero attached hydrogens (tertiary/aromatic N) is 2. The summed E-state index contributed by atoms with van der Waals surface area (Å²) in [6, 6.07) is 7.65. The van der Waals surface area contributed by atoms with Crippen molar-refractivity contribution in [2.45, 2.75) is 12.5 Å². The molecule has 2 aromatic rings. The first kappa shape index (κ1) is 13.5. The summed E-state index contributed by atoms with van der Waals surface area (Å²) in [5.74, 6) is 2.70. The van der Waals surface area contributed by atoms with Gasteiger partial charge in [0.1, 0.15) is 11.5 Å². The van der Waals surface area contributed by atoms with Crippen molar-refractivity contribution >= 4 is 5.95 Å². The van der Waals surface area contributed by atoms with Crippen LogP contribution < -0.4 is 19.5 Å². The molecule has 0 saturated carbocycles. The average Bonchev–Trinajstić information content (AvgIpc) is 2.55. The van der Waals surface area contributed by atoms with E-state index < -0.39 is 0 Å². The lowest BCUT2D eigenvalue weighted by Crippen LogP contribution is -2.21. The summed E-state index contributed by atoms with van der Waals surface area (Å²) in [5, 5.41) is 3.33. The molecule has 110 valence electrons. The zero-order valence-electron chi connectivity index (χ0n) is 12.0. The Bertz CT molecular complexity index is 633. The molecule has 3 rings (SSSR count). The Labute approximate surface area is 123 Å². The number of fused-ring (bicyclic) bond motifs is 1. The largest absolute Gasteiger partial charge is 0.497 e. The van der Waals surface area contributed by atoms with Crippen molar-refractivity contribution in [1.29, 1.82) is 0 Å². The molecule has 0 fully saturated rings. The smallest absolute Gasteiger partial charge is 0.226 e. The summed E-state index contributed by atoms with van der Waals surface area (Å²) in [6.45, 7) is 0.641. The lowest BCUT2D eigenvalue weighted by atomic mass is 10.0. The fourth-order valence-corrected chi connectivity index (χ4v) is 2.33. The van der Waals surface area contributed by atoms with Crippen LogP contribution in [-0.4, -0.2) is 30.8 Å². The van der Waals surface area contributed by atoms with Gasteiger partial charge in [-0.15, -0.1) is 0 Å². The monoisotopic (exact) mass is 287 g/mol. The molecule has 0 bridgehead atoms. The summed E-state index contributed by atoms with van der Waals surface area (Å²) in [4.78, 5) is 8.50. The highest BCUT2D eigenvalue weighted by Gasteiger charge is 2.22. The second-order valence-corrected chi connectivity index (χ2v) is 4.66. The Morgan fingerprint density at radius 2 is 2.14 bits per heavy atom. The van der Waals surface area contributed by atoms with Crippen LogP contribution in [0, 0.1) is 0 Å². The van der Waals surface area contributed by atoms with E-state index in [1.807, 2.05) is 18.2 Å². The van der Waals surface area contributed by atoms with Crippen molar-refractivity contribution in [2.75, 3.05) is 26.1 Å². The standard InChI is InChI=1S/C15H17N3O3/c1-19-10-3-4-11-12(6-8-21-13(11)9-10)17-15-16-7-5-14(18-15)20-2/h3-5,7,9,12H,6,8H2,1-2H3,(H,16,17,18). The van der Waals surface area contributed by atoms with E-state index in [9.17, 15) is 0 Å². The number of hydrogen-bond acceptors (Lipinski definition) is 6. The van der Waals surface area contributed by atoms with Crippen LogP contribution >= 0.6 is 0 Å². The van der Waals surface area contributed by atoms with Crippen LogP contribution in [0.25, 0.3) is 0 Å². The second-order valence-electron chi connectivity index (χ2n) is 4.66. The van der Waals surface area contributed by atoms with E-state index >= 15 is 0 Å². The molecule has 1 aromatic heterocycles. The third-order valence-corrected chi connectivity index (χ3v) is 3.40. The van der Waals surface area contributed by atoms with Crippen molar-refractivity contribution < 1.29 is 14.2 Å². The first-order valence-electron chi connectivity index (χ1n) is 6.74. The third kappa shape index (κ3) is 2.84. The Balaban J connectivity index is 1.84. The van der Waals surface area contributed by atoms with Gasteiger partial charge in [0.2, 0.25) is 11.8 Å². The molecule has 0 aliphatic carbocycles. The summed E-state index contributed by atoms with van der Waals surface area (Å²) in [5.41, 5.74) is 1.08. The normalized spacial score (nSPS) is 16.6. The molecule has 1 aromatic carbocycles. The molecule has 0 amide bonds. The average molecular weight is 287 g/mol. The molecular weight excluding hydrogens is 270 g/mol. The lowest BCUT2D eigenvalue weighted by molar-refractivity contribution is 0.272. The zero-order chi connectivity index (χ0) is 14.7. The van der Waals surface area contributed by atoms with Crippen molar-refractivity contribution in [2.24, 2.45) is 0 Å². The highest BCUT2D eigenvalue weighted by atomic mass is 16.5. The van der Waals surface area contributed by atoms with Crippen LogP contribution in [0.5, 0.6) is 17.4 Å². The number of nitrogens with one attached hydrogen (secondary N) is 1. The highest BCUT2D eigenvalue weighted by molar-refractivity contribution is 5.46. The quantitative estimate of drug-likeness (QED) is 0.931. The Hall–Kier alpha value is -2.50. The molecule has 1 atom stereocenters. The molecule has 0 saturated heterocycles. The van der Waals surface area contributed by atoms with E-state index in [0.29, 0.717) is 18.4 Å². The van der Waals surface area contributed by atoms with Crippen LogP contribution in [0.2, 0.25) is 0 Å². The molecule has 21 heavy (non-hydrogen) atoms. The summed E-state index contributed by atoms with van der Waals surface area (Å²) in [6.07, 6.45) is 2.52. The van der Waals surface area contributed by atoms with E-state index in [1.54, 1.807) is 26.5 Å². The Kier molecular flexibility index (Phi) is 3.77. The molecule has 1 N–H and O–H groups in total. The van der Waals surface area contributed by atoms with E-state index in [1.165, 1.54) is 0 Å². The maximum atomic E-state index is 5.69. The summed E-state index contributed by atoms with van der Waals surface area (Å²) >= 11 is 0. The zero-order valence-corrected chi connectivity index (χ0v) is 12.0. The van der Waals surface area contributed by atoms with Crippen molar-refractivity contribution in [3.8, 4) is 17.4 Å². The third-order valence-electron chi connectivity index (χ3n) is 3.40. The van der Waals surface area contributed by atoms with E-state index in [0.717, 1.165) is 23.5 Å². The first-order chi connectivity index (χ1) is 10.3. The maximum Gasteiger partial charge on any atom is 0.226 e. The van der Waals surface area contributed by atoms with Crippen LogP contribution in [0.3, 0.4) is 0 Å². The Morgan fingerprint density at radius 1 is 1.24 bits per heavy atom. The second kappa shape index (κ2) is 5.87. The molecule has 0 spiro atoms. The van der Waals surface area contributed by atoms with Crippen LogP contribution in [0.15, 0.2) is 30.5 Å². The molecule has 1 unspecified atom stereocenters. The van der Waals surface area contributed by atoms with Gasteiger partial charge in [-0.2, -0.15) is 4.98 Å². The minimum Gasteiger partial charge on any atom is -0.497 e. The predicted molar refractivity (Wildman–Crippen MR) is 78.1 cm³/mol. The molecule has 2 heterocycles. The van der Waals surface area contributed by atoms with Gasteiger partial charge in [-0.05, 0) is 12.1 Å². The van der Waals surface area contributed by atoms with E-state index in [2.05, 4.69) is 15.3 Å². The molecule has 1 aliphatic rings. The van der Waals surface area contributed by atoms with Gasteiger partial charge in [-0.3, -0.25) is 0 Å². The number of ether oxygens (including phenoxy) is 3. The van der Waals surface area contributed by atoms with Gasteiger partial charge in [0, 0.05) is 30.3 Å². The van der Waals surface area contributed by atoms with Gasteiger partial charge in [0.15, 0.2) is 0 Å². The summed E-state index contributed by atoms with van der Waals surface area (Å²) in [7, 11) is 3.23. The predicted octanol–water partition coefficient (Wildman–Crippen LogP) is 2.43. The SMILES string of the molecule is COc1ccc2c(c1)OCCC2Nc1nccc(OC)n1. The molecule has 6 nitrogen and oxygen atoms in total. The summed E-state index contributed by atoms with van der Waals surface area (Å²) < 4.78 is 16.0. The number of hydrogen-bond donors (Lipinski definition) is 1. The van der Waals surface area contributed by atoms with Crippen molar-refractivity contribution in [3.63, 3.8) is 0 Å². The van der Waals surface area contributed by atoms with Crippen molar-refractivity contribution in [1.82, 2.24) is 9.97 Å². The van der Waals surface area contributed by atoms with Crippen LogP contribution in [-0.2, 0) is 0 Å². The van der Waals surface area contributed by atoms with Gasteiger partial charge in [-0.25, -0.2) is 4.98 Å². The maximum absolute atomic E-state index is 5.69. The number of rotatable bonds is 4. The number of aromatic nitrogens is 2. The van der Waals surface area contributed by atoms with E-state index in [4.69, 9.17) is 14.2 Å². The van der Waals surface area contributed by atoms with Gasteiger partial charge in [0.05, 0.1) is 26.9 Å². The first-order valence-corrected chi connectivity index (χ1v) is 6.74. The number of anilines is 1. The van der Waals surface area contributed by atoms with Gasteiger partial charge < -0.3 is 19.5 Å². The topological polar surface area (TPSA) is 65.5 Å². The fourth-order valence-electron chi connectivity index (χ4n) is 2.33. The molecular formula is C15H17N3O3. The Morgan fingerprint density at radius 3 is 2.95 bits per heavy atom. The molecule has 1 aliphatic heterocycles. The highest BCUT2D eigenvalue weighted by Crippen LogP contribution is 2.36. The van der Waals surface area contributed by atoms with Crippen LogP contribution in [0.1, 0.15) is 18.0 Å². The van der Waals surface area contributed by atoms with Crippen molar-refractivity contribution in [3.05, 3.63) is 36.0 Å². The number of methoxy groups -OCH3 is 2. The molecule has 0 radical (unpaired) electrons.